The number of esters is 2. The molecule has 0 bridgehead atoms. The van der Waals surface area contributed by atoms with Crippen LogP contribution in [0, 0.1) is 11.8 Å². The van der Waals surface area contributed by atoms with E-state index in [1.54, 1.807) is 0 Å². The minimum absolute atomic E-state index is 0.0297. The molecule has 0 radical (unpaired) electrons. The number of carbonyl (C=O) groups excluding carboxylic acids is 2. The number of rotatable bonds is 4. The van der Waals surface area contributed by atoms with E-state index >= 15 is 0 Å². The first kappa shape index (κ1) is 18.5. The Hall–Kier alpha value is -2.80. The van der Waals surface area contributed by atoms with Gasteiger partial charge in [0.15, 0.2) is 0 Å². The van der Waals surface area contributed by atoms with Gasteiger partial charge in [-0.15, -0.1) is 0 Å². The first-order chi connectivity index (χ1) is 12.2. The quantitative estimate of drug-likeness (QED) is 0.340. The van der Waals surface area contributed by atoms with Gasteiger partial charge in [0.05, 0.1) is 0 Å². The van der Waals surface area contributed by atoms with Gasteiger partial charge in [0, 0.05) is 0 Å². The van der Waals surface area contributed by atoms with Crippen LogP contribution in [0.2, 0.25) is 0 Å². The molecule has 0 spiro atoms. The van der Waals surface area contributed by atoms with E-state index in [1.165, 1.54) is 14.2 Å². The number of carbonyl (C=O) groups is 2. The Morgan fingerprint density at radius 2 is 1.40 bits per heavy atom. The van der Waals surface area contributed by atoms with Crippen LogP contribution in [0.4, 0.5) is 0 Å². The van der Waals surface area contributed by atoms with Crippen LogP contribution in [0.25, 0.3) is 0 Å². The number of hydrogen-bond acceptors (Lipinski definition) is 4. The van der Waals surface area contributed by atoms with Gasteiger partial charge in [0.2, 0.25) is 0 Å². The molecule has 0 fully saturated rings. The molecule has 2 rings (SSSR count). The molecule has 0 atom stereocenters. The van der Waals surface area contributed by atoms with Crippen LogP contribution in [-0.4, -0.2) is 41.1 Å². The van der Waals surface area contributed by atoms with E-state index in [0.717, 1.165) is 10.0 Å². The minimum atomic E-state index is -0.651. The molecule has 5 heteroatoms. The molecule has 25 heavy (non-hydrogen) atoms. The SMILES string of the molecule is COC(=O)/C(C#Cc1ccccc1)=C(/[Se]c1ccccc1)C(=O)OC. The standard InChI is InChI=1S/C20H16O4Se/c1-23-19(21)17(14-13-15-9-5-3-6-10-15)18(20(22)24-2)25-16-11-7-4-8-12-16/h3-12H,1-2H3/b18-17+. The van der Waals surface area contributed by atoms with Crippen molar-refractivity contribution < 1.29 is 19.1 Å². The Morgan fingerprint density at radius 1 is 0.840 bits per heavy atom. The summed E-state index contributed by atoms with van der Waals surface area (Å²) in [5.41, 5.74) is 0.766. The molecule has 0 N–H and O–H groups in total. The van der Waals surface area contributed by atoms with E-state index in [9.17, 15) is 9.59 Å². The molecule has 2 aromatic rings. The van der Waals surface area contributed by atoms with Crippen molar-refractivity contribution in [2.24, 2.45) is 0 Å². The molecule has 126 valence electrons. The summed E-state index contributed by atoms with van der Waals surface area (Å²) in [7, 11) is 2.54. The molecular formula is C20H16O4Se. The summed E-state index contributed by atoms with van der Waals surface area (Å²) in [6.45, 7) is 0. The fourth-order valence-corrected chi connectivity index (χ4v) is 3.81. The summed E-state index contributed by atoms with van der Waals surface area (Å²) in [4.78, 5) is 24.5. The zero-order valence-corrected chi connectivity index (χ0v) is 15.5. The van der Waals surface area contributed by atoms with Gasteiger partial charge < -0.3 is 0 Å². The molecule has 0 saturated carbocycles. The van der Waals surface area contributed by atoms with E-state index in [-0.39, 0.29) is 10.0 Å². The Morgan fingerprint density at radius 3 is 1.96 bits per heavy atom. The van der Waals surface area contributed by atoms with Gasteiger partial charge in [-0.2, -0.15) is 0 Å². The molecule has 0 unspecified atom stereocenters. The van der Waals surface area contributed by atoms with Crippen molar-refractivity contribution in [3.63, 3.8) is 0 Å². The number of ether oxygens (including phenoxy) is 2. The molecule has 0 heterocycles. The van der Waals surface area contributed by atoms with Gasteiger partial charge in [-0.3, -0.25) is 0 Å². The van der Waals surface area contributed by atoms with Crippen LogP contribution >= 0.6 is 0 Å². The van der Waals surface area contributed by atoms with E-state index in [2.05, 4.69) is 11.8 Å². The van der Waals surface area contributed by atoms with E-state index in [1.807, 2.05) is 60.7 Å². The van der Waals surface area contributed by atoms with Crippen molar-refractivity contribution in [1.82, 2.24) is 0 Å². The first-order valence-electron chi connectivity index (χ1n) is 7.36. The molecule has 0 amide bonds. The predicted octanol–water partition coefficient (Wildman–Crippen LogP) is 1.67. The second kappa shape index (κ2) is 9.48. The van der Waals surface area contributed by atoms with Crippen molar-refractivity contribution in [1.29, 1.82) is 0 Å². The monoisotopic (exact) mass is 400 g/mol. The van der Waals surface area contributed by atoms with Crippen LogP contribution in [0.15, 0.2) is 70.7 Å². The summed E-state index contributed by atoms with van der Waals surface area (Å²) < 4.78 is 10.8. The number of hydrogen-bond donors (Lipinski definition) is 0. The van der Waals surface area contributed by atoms with Crippen molar-refractivity contribution in [3.8, 4) is 11.8 Å². The predicted molar refractivity (Wildman–Crippen MR) is 96.2 cm³/mol. The summed E-state index contributed by atoms with van der Waals surface area (Å²) in [6.07, 6.45) is 0. The summed E-state index contributed by atoms with van der Waals surface area (Å²) in [5, 5.41) is 0. The van der Waals surface area contributed by atoms with Crippen LogP contribution in [0.5, 0.6) is 0 Å². The van der Waals surface area contributed by atoms with Crippen LogP contribution < -0.4 is 4.46 Å². The molecule has 0 aromatic heterocycles. The second-order valence-electron chi connectivity index (χ2n) is 4.72. The normalized spacial score (nSPS) is 10.8. The van der Waals surface area contributed by atoms with Gasteiger partial charge in [-0.05, 0) is 0 Å². The third-order valence-corrected chi connectivity index (χ3v) is 5.33. The molecular weight excluding hydrogens is 383 g/mol. The third kappa shape index (κ3) is 5.36. The van der Waals surface area contributed by atoms with E-state index in [0.29, 0.717) is 0 Å². The molecule has 2 aromatic carbocycles. The first-order valence-corrected chi connectivity index (χ1v) is 9.08. The van der Waals surface area contributed by atoms with Crippen LogP contribution in [0.1, 0.15) is 5.56 Å². The number of methoxy groups -OCH3 is 2. The topological polar surface area (TPSA) is 52.6 Å². The van der Waals surface area contributed by atoms with Crippen LogP contribution in [0.3, 0.4) is 0 Å². The van der Waals surface area contributed by atoms with Crippen molar-refractivity contribution in [2.75, 3.05) is 14.2 Å². The Labute approximate surface area is 153 Å². The van der Waals surface area contributed by atoms with Gasteiger partial charge in [-0.1, -0.05) is 0 Å². The maximum absolute atomic E-state index is 12.2. The van der Waals surface area contributed by atoms with Gasteiger partial charge >= 0.3 is 153 Å². The maximum atomic E-state index is 12.2. The third-order valence-electron chi connectivity index (χ3n) is 3.06. The molecule has 0 aliphatic rings. The van der Waals surface area contributed by atoms with E-state index < -0.39 is 26.9 Å². The summed E-state index contributed by atoms with van der Waals surface area (Å²) in [5.74, 6) is 4.46. The van der Waals surface area contributed by atoms with Gasteiger partial charge in [0.25, 0.3) is 0 Å². The van der Waals surface area contributed by atoms with Crippen molar-refractivity contribution in [2.45, 2.75) is 0 Å². The zero-order valence-electron chi connectivity index (χ0n) is 13.8. The average Bonchev–Trinajstić information content (AvgIpc) is 2.67. The van der Waals surface area contributed by atoms with Crippen molar-refractivity contribution >= 4 is 31.4 Å². The van der Waals surface area contributed by atoms with Crippen molar-refractivity contribution in [3.05, 3.63) is 76.3 Å². The second-order valence-corrected chi connectivity index (χ2v) is 6.99. The Balaban J connectivity index is 2.52. The Kier molecular flexibility index (Phi) is 7.03. The fraction of sp³-hybridized carbons (Fsp3) is 0.100. The molecule has 0 aliphatic heterocycles. The zero-order chi connectivity index (χ0) is 18.1. The van der Waals surface area contributed by atoms with E-state index in [4.69, 9.17) is 9.47 Å². The average molecular weight is 399 g/mol. The summed E-state index contributed by atoms with van der Waals surface area (Å²) >= 11 is -0.441. The molecule has 4 nitrogen and oxygen atoms in total. The summed E-state index contributed by atoms with van der Waals surface area (Å²) in [6, 6.07) is 18.6. The van der Waals surface area contributed by atoms with Crippen LogP contribution in [-0.2, 0) is 19.1 Å². The van der Waals surface area contributed by atoms with Gasteiger partial charge in [0.1, 0.15) is 0 Å². The number of benzene rings is 2. The Bertz CT molecular complexity index is 830. The fourth-order valence-electron chi connectivity index (χ4n) is 1.85. The van der Waals surface area contributed by atoms with Gasteiger partial charge in [-0.25, -0.2) is 0 Å². The molecule has 0 saturated heterocycles. The molecule has 0 aliphatic carbocycles.